The maximum Gasteiger partial charge on any atom is 0.425 e. The van der Waals surface area contributed by atoms with Crippen LogP contribution in [0.3, 0.4) is 0 Å². The molecular formula is C11H12F3NO4S2. The van der Waals surface area contributed by atoms with Gasteiger partial charge in [0.25, 0.3) is 0 Å². The van der Waals surface area contributed by atoms with Gasteiger partial charge in [-0.3, -0.25) is 4.79 Å². The molecule has 1 saturated carbocycles. The van der Waals surface area contributed by atoms with Crippen molar-refractivity contribution in [3.63, 3.8) is 0 Å². The molecule has 0 aliphatic heterocycles. The van der Waals surface area contributed by atoms with Crippen LogP contribution in [0.2, 0.25) is 0 Å². The van der Waals surface area contributed by atoms with Gasteiger partial charge in [0.2, 0.25) is 10.0 Å². The van der Waals surface area contributed by atoms with E-state index < -0.39 is 38.3 Å². The first-order valence-corrected chi connectivity index (χ1v) is 8.41. The Kier molecular flexibility index (Phi) is 4.31. The molecule has 0 saturated heterocycles. The monoisotopic (exact) mass is 343 g/mol. The van der Waals surface area contributed by atoms with Crippen molar-refractivity contribution in [1.29, 1.82) is 0 Å². The highest BCUT2D eigenvalue weighted by atomic mass is 32.2. The van der Waals surface area contributed by atoms with Crippen molar-refractivity contribution < 1.29 is 31.5 Å². The summed E-state index contributed by atoms with van der Waals surface area (Å²) in [5.74, 6) is -1.42. The summed E-state index contributed by atoms with van der Waals surface area (Å²) in [6.45, 7) is 0. The first-order valence-electron chi connectivity index (χ1n) is 5.98. The van der Waals surface area contributed by atoms with Crippen molar-refractivity contribution in [2.45, 2.75) is 36.7 Å². The number of sulfonamides is 1. The van der Waals surface area contributed by atoms with Crippen LogP contribution in [0.1, 0.15) is 23.3 Å². The Bertz CT molecular complexity index is 634. The van der Waals surface area contributed by atoms with Gasteiger partial charge in [-0.05, 0) is 29.9 Å². The van der Waals surface area contributed by atoms with Gasteiger partial charge in [-0.15, -0.1) is 11.3 Å². The second-order valence-corrected chi connectivity index (χ2v) is 7.68. The molecule has 0 aromatic carbocycles. The van der Waals surface area contributed by atoms with Crippen molar-refractivity contribution in [2.24, 2.45) is 0 Å². The van der Waals surface area contributed by atoms with Crippen LogP contribution in [0.4, 0.5) is 13.2 Å². The molecule has 1 aromatic rings. The lowest BCUT2D eigenvalue weighted by Crippen LogP contribution is -2.43. The van der Waals surface area contributed by atoms with Gasteiger partial charge >= 0.3 is 12.1 Å². The van der Waals surface area contributed by atoms with E-state index in [2.05, 4.69) is 0 Å². The summed E-state index contributed by atoms with van der Waals surface area (Å²) in [5, 5.41) is 9.62. The number of aliphatic carboxylic acids is 1. The van der Waals surface area contributed by atoms with Crippen LogP contribution in [0.15, 0.2) is 11.4 Å². The van der Waals surface area contributed by atoms with Crippen LogP contribution in [0.5, 0.6) is 0 Å². The SMILES string of the molecule is O=C(O)C(Cc1csc(C(F)(F)F)c1)NS(=O)(=O)C1CC1. The number of alkyl halides is 3. The van der Waals surface area contributed by atoms with E-state index >= 15 is 0 Å². The number of carboxylic acids is 1. The Balaban J connectivity index is 2.10. The van der Waals surface area contributed by atoms with Crippen LogP contribution in [-0.4, -0.2) is 30.8 Å². The average Bonchev–Trinajstić information content (AvgIpc) is 3.08. The van der Waals surface area contributed by atoms with Gasteiger partial charge in [-0.1, -0.05) is 0 Å². The number of rotatable bonds is 6. The van der Waals surface area contributed by atoms with Gasteiger partial charge in [-0.2, -0.15) is 13.2 Å². The standard InChI is InChI=1S/C11H12F3NO4S2/c12-11(13,14)9-4-6(5-20-9)3-8(10(16)17)15-21(18,19)7-1-2-7/h4-5,7-8,15H,1-3H2,(H,16,17). The number of thiophene rings is 1. The van der Waals surface area contributed by atoms with E-state index in [0.717, 1.165) is 6.07 Å². The zero-order valence-electron chi connectivity index (χ0n) is 10.6. The molecule has 0 bridgehead atoms. The van der Waals surface area contributed by atoms with Crippen molar-refractivity contribution in [3.05, 3.63) is 21.9 Å². The highest BCUT2D eigenvalue weighted by molar-refractivity contribution is 7.90. The highest BCUT2D eigenvalue weighted by Crippen LogP contribution is 2.34. The first kappa shape index (κ1) is 16.2. The smallest absolute Gasteiger partial charge is 0.425 e. The third kappa shape index (κ3) is 4.17. The minimum Gasteiger partial charge on any atom is -0.480 e. The van der Waals surface area contributed by atoms with E-state index in [0.29, 0.717) is 24.2 Å². The van der Waals surface area contributed by atoms with Crippen molar-refractivity contribution in [3.8, 4) is 0 Å². The Morgan fingerprint density at radius 2 is 2.10 bits per heavy atom. The molecule has 1 fully saturated rings. The lowest BCUT2D eigenvalue weighted by molar-refractivity contribution is -0.139. The van der Waals surface area contributed by atoms with Crippen molar-refractivity contribution in [2.75, 3.05) is 0 Å². The number of carboxylic acid groups (broad SMARTS) is 1. The molecule has 0 radical (unpaired) electrons. The molecule has 1 aromatic heterocycles. The second kappa shape index (κ2) is 5.58. The molecular weight excluding hydrogens is 331 g/mol. The third-order valence-electron chi connectivity index (χ3n) is 2.94. The molecule has 0 spiro atoms. The number of hydrogen-bond donors (Lipinski definition) is 2. The largest absolute Gasteiger partial charge is 0.480 e. The Morgan fingerprint density at radius 1 is 1.48 bits per heavy atom. The molecule has 2 N–H and O–H groups in total. The van der Waals surface area contributed by atoms with Gasteiger partial charge in [0.15, 0.2) is 0 Å². The Hall–Kier alpha value is -1.13. The molecule has 5 nitrogen and oxygen atoms in total. The van der Waals surface area contributed by atoms with E-state index in [4.69, 9.17) is 5.11 Å². The minimum absolute atomic E-state index is 0.137. The van der Waals surface area contributed by atoms with Crippen LogP contribution >= 0.6 is 11.3 Å². The van der Waals surface area contributed by atoms with Gasteiger partial charge in [-0.25, -0.2) is 13.1 Å². The van der Waals surface area contributed by atoms with E-state index in [-0.39, 0.29) is 12.0 Å². The summed E-state index contributed by atoms with van der Waals surface area (Å²) in [6.07, 6.45) is -3.88. The topological polar surface area (TPSA) is 83.5 Å². The molecule has 118 valence electrons. The summed E-state index contributed by atoms with van der Waals surface area (Å²) < 4.78 is 62.9. The Labute approximate surface area is 122 Å². The number of halogens is 3. The molecule has 0 amide bonds. The maximum absolute atomic E-state index is 12.5. The van der Waals surface area contributed by atoms with E-state index in [1.54, 1.807) is 0 Å². The summed E-state index contributed by atoms with van der Waals surface area (Å²) in [6, 6.07) is -0.627. The molecule has 10 heteroatoms. The maximum atomic E-state index is 12.5. The highest BCUT2D eigenvalue weighted by Gasteiger charge is 2.39. The molecule has 1 unspecified atom stereocenters. The van der Waals surface area contributed by atoms with E-state index in [1.165, 1.54) is 5.38 Å². The van der Waals surface area contributed by atoms with Gasteiger partial charge in [0, 0.05) is 6.42 Å². The summed E-state index contributed by atoms with van der Waals surface area (Å²) in [5.41, 5.74) is 0.137. The minimum atomic E-state index is -4.49. The quantitative estimate of drug-likeness (QED) is 0.826. The summed E-state index contributed by atoms with van der Waals surface area (Å²) >= 11 is 0.452. The first-order chi connectivity index (χ1) is 9.59. The molecule has 1 atom stereocenters. The molecule has 1 heterocycles. The summed E-state index contributed by atoms with van der Waals surface area (Å²) in [4.78, 5) is 10.2. The summed E-state index contributed by atoms with van der Waals surface area (Å²) in [7, 11) is -3.72. The van der Waals surface area contributed by atoms with Gasteiger partial charge in [0.05, 0.1) is 5.25 Å². The fourth-order valence-corrected chi connectivity index (χ4v) is 4.04. The fraction of sp³-hybridized carbons (Fsp3) is 0.545. The predicted octanol–water partition coefficient (Wildman–Crippen LogP) is 1.84. The van der Waals surface area contributed by atoms with Crippen LogP contribution < -0.4 is 4.72 Å². The number of carbonyl (C=O) groups is 1. The molecule has 2 rings (SSSR count). The lowest BCUT2D eigenvalue weighted by atomic mass is 10.1. The van der Waals surface area contributed by atoms with Gasteiger partial charge < -0.3 is 5.11 Å². The van der Waals surface area contributed by atoms with Crippen LogP contribution in [0.25, 0.3) is 0 Å². The lowest BCUT2D eigenvalue weighted by Gasteiger charge is -2.13. The van der Waals surface area contributed by atoms with E-state index in [1.807, 2.05) is 4.72 Å². The Morgan fingerprint density at radius 3 is 2.52 bits per heavy atom. The molecule has 1 aliphatic carbocycles. The third-order valence-corrected chi connectivity index (χ3v) is 5.93. The molecule has 21 heavy (non-hydrogen) atoms. The number of hydrogen-bond acceptors (Lipinski definition) is 4. The van der Waals surface area contributed by atoms with Crippen LogP contribution in [-0.2, 0) is 27.4 Å². The average molecular weight is 343 g/mol. The van der Waals surface area contributed by atoms with Crippen molar-refractivity contribution in [1.82, 2.24) is 4.72 Å². The van der Waals surface area contributed by atoms with Crippen LogP contribution in [0, 0.1) is 0 Å². The predicted molar refractivity (Wildman–Crippen MR) is 69.5 cm³/mol. The zero-order chi connectivity index (χ0) is 15.8. The fourth-order valence-electron chi connectivity index (χ4n) is 1.72. The van der Waals surface area contributed by atoms with E-state index in [9.17, 15) is 26.4 Å². The normalized spacial score (nSPS) is 17.7. The van der Waals surface area contributed by atoms with Gasteiger partial charge in [0.1, 0.15) is 10.9 Å². The number of nitrogens with one attached hydrogen (secondary N) is 1. The second-order valence-electron chi connectivity index (χ2n) is 4.77. The van der Waals surface area contributed by atoms with Crippen molar-refractivity contribution >= 4 is 27.3 Å². The molecule has 1 aliphatic rings. The zero-order valence-corrected chi connectivity index (χ0v) is 12.2.